The molecule has 0 aliphatic rings. The number of nitrogens with zero attached hydrogens (tertiary/aromatic N) is 2. The minimum absolute atomic E-state index is 0.00396. The highest BCUT2D eigenvalue weighted by Crippen LogP contribution is 2.20. The number of nitrogens with two attached hydrogens (primary N) is 1. The van der Waals surface area contributed by atoms with Crippen molar-refractivity contribution < 1.29 is 23.1 Å². The third-order valence-electron chi connectivity index (χ3n) is 2.91. The molecule has 0 saturated carbocycles. The van der Waals surface area contributed by atoms with Crippen LogP contribution in [0.2, 0.25) is 0 Å². The number of nitrogens with one attached hydrogen (secondary N) is 1. The lowest BCUT2D eigenvalue weighted by atomic mass is 10.1. The van der Waals surface area contributed by atoms with Gasteiger partial charge in [-0.2, -0.15) is 5.10 Å². The number of benzene rings is 1. The third kappa shape index (κ3) is 3.86. The molecule has 1 amide bonds. The van der Waals surface area contributed by atoms with Crippen LogP contribution in [0.4, 0.5) is 5.69 Å². The topological polar surface area (TPSA) is 144 Å². The minimum Gasteiger partial charge on any atom is -0.478 e. The summed E-state index contributed by atoms with van der Waals surface area (Å²) in [7, 11) is -3.91. The van der Waals surface area contributed by atoms with Crippen molar-refractivity contribution in [2.75, 3.05) is 4.72 Å². The third-order valence-corrected chi connectivity index (χ3v) is 4.46. The van der Waals surface area contributed by atoms with Crippen molar-refractivity contribution >= 4 is 27.6 Å². The maximum atomic E-state index is 12.3. The van der Waals surface area contributed by atoms with Gasteiger partial charge in [-0.1, -0.05) is 0 Å². The van der Waals surface area contributed by atoms with Crippen molar-refractivity contribution in [2.24, 2.45) is 5.73 Å². The molecule has 0 radical (unpaired) electrons. The number of aryl methyl sites for hydroxylation is 1. The molecule has 2 aromatic rings. The van der Waals surface area contributed by atoms with Gasteiger partial charge < -0.3 is 10.8 Å². The SMILES string of the molecule is Cc1cc(C(=O)O)ccc1S(=O)(=O)Nc1cnn(CC(N)=O)c1. The van der Waals surface area contributed by atoms with E-state index in [0.29, 0.717) is 5.56 Å². The molecule has 0 saturated heterocycles. The van der Waals surface area contributed by atoms with E-state index >= 15 is 0 Å². The monoisotopic (exact) mass is 338 g/mol. The number of primary amides is 1. The molecule has 0 fully saturated rings. The van der Waals surface area contributed by atoms with Gasteiger partial charge in [0.05, 0.1) is 22.3 Å². The van der Waals surface area contributed by atoms with Crippen molar-refractivity contribution in [2.45, 2.75) is 18.4 Å². The molecule has 0 bridgehead atoms. The molecule has 0 aliphatic carbocycles. The Morgan fingerprint density at radius 1 is 1.39 bits per heavy atom. The number of amides is 1. The van der Waals surface area contributed by atoms with Crippen LogP contribution in [-0.2, 0) is 21.4 Å². The highest BCUT2D eigenvalue weighted by molar-refractivity contribution is 7.92. The Bertz CT molecular complexity index is 872. The summed E-state index contributed by atoms with van der Waals surface area (Å²) in [6.07, 6.45) is 2.56. The molecule has 1 aromatic carbocycles. The molecule has 9 nitrogen and oxygen atoms in total. The summed E-state index contributed by atoms with van der Waals surface area (Å²) in [5.74, 6) is -1.75. The van der Waals surface area contributed by atoms with Crippen LogP contribution in [-0.4, -0.2) is 35.2 Å². The number of anilines is 1. The van der Waals surface area contributed by atoms with Gasteiger partial charge in [0.2, 0.25) is 5.91 Å². The zero-order valence-corrected chi connectivity index (χ0v) is 12.9. The van der Waals surface area contributed by atoms with Gasteiger partial charge >= 0.3 is 5.97 Å². The summed E-state index contributed by atoms with van der Waals surface area (Å²) in [5.41, 5.74) is 5.47. The van der Waals surface area contributed by atoms with E-state index in [0.717, 1.165) is 0 Å². The van der Waals surface area contributed by atoms with Crippen molar-refractivity contribution in [1.29, 1.82) is 0 Å². The zero-order chi connectivity index (χ0) is 17.2. The Morgan fingerprint density at radius 3 is 2.65 bits per heavy atom. The Kier molecular flexibility index (Phi) is 4.36. The van der Waals surface area contributed by atoms with E-state index in [9.17, 15) is 18.0 Å². The Morgan fingerprint density at radius 2 is 2.09 bits per heavy atom. The fourth-order valence-corrected chi connectivity index (χ4v) is 3.21. The highest BCUT2D eigenvalue weighted by Gasteiger charge is 2.19. The number of sulfonamides is 1. The predicted octanol–water partition coefficient (Wildman–Crippen LogP) is 0.176. The number of rotatable bonds is 6. The fraction of sp³-hybridized carbons (Fsp3) is 0.154. The van der Waals surface area contributed by atoms with Crippen molar-refractivity contribution in [1.82, 2.24) is 9.78 Å². The molecule has 0 unspecified atom stereocenters. The number of carbonyl (C=O) groups excluding carboxylic acids is 1. The van der Waals surface area contributed by atoms with Crippen LogP contribution in [0.15, 0.2) is 35.5 Å². The van der Waals surface area contributed by atoms with Crippen LogP contribution in [0.25, 0.3) is 0 Å². The Labute approximate surface area is 131 Å². The molecular weight excluding hydrogens is 324 g/mol. The number of aromatic carboxylic acids is 1. The van der Waals surface area contributed by atoms with Gasteiger partial charge in [-0.25, -0.2) is 13.2 Å². The largest absolute Gasteiger partial charge is 0.478 e. The lowest BCUT2D eigenvalue weighted by Crippen LogP contribution is -2.19. The number of carboxylic acid groups (broad SMARTS) is 1. The lowest BCUT2D eigenvalue weighted by Gasteiger charge is -2.09. The van der Waals surface area contributed by atoms with Crippen LogP contribution >= 0.6 is 0 Å². The van der Waals surface area contributed by atoms with E-state index in [1.165, 1.54) is 42.2 Å². The first-order valence-corrected chi connectivity index (χ1v) is 7.85. The lowest BCUT2D eigenvalue weighted by molar-refractivity contribution is -0.118. The van der Waals surface area contributed by atoms with E-state index in [4.69, 9.17) is 10.8 Å². The summed E-state index contributed by atoms with van der Waals surface area (Å²) >= 11 is 0. The van der Waals surface area contributed by atoms with Crippen molar-refractivity contribution in [3.8, 4) is 0 Å². The smallest absolute Gasteiger partial charge is 0.335 e. The van der Waals surface area contributed by atoms with E-state index in [1.807, 2.05) is 0 Å². The summed E-state index contributed by atoms with van der Waals surface area (Å²) in [5, 5.41) is 12.7. The molecule has 0 atom stereocenters. The second kappa shape index (κ2) is 6.08. The van der Waals surface area contributed by atoms with Crippen LogP contribution in [0.1, 0.15) is 15.9 Å². The van der Waals surface area contributed by atoms with Gasteiger partial charge in [0.15, 0.2) is 0 Å². The summed E-state index contributed by atoms with van der Waals surface area (Å²) in [6, 6.07) is 3.70. The zero-order valence-electron chi connectivity index (χ0n) is 12.1. The Hall–Kier alpha value is -2.88. The second-order valence-electron chi connectivity index (χ2n) is 4.78. The van der Waals surface area contributed by atoms with Crippen molar-refractivity contribution in [3.05, 3.63) is 41.7 Å². The van der Waals surface area contributed by atoms with Crippen LogP contribution in [0.5, 0.6) is 0 Å². The molecule has 1 heterocycles. The number of hydrogen-bond acceptors (Lipinski definition) is 5. The molecule has 10 heteroatoms. The molecule has 4 N–H and O–H groups in total. The summed E-state index contributed by atoms with van der Waals surface area (Å²) in [6.45, 7) is 1.32. The maximum Gasteiger partial charge on any atom is 0.335 e. The van der Waals surface area contributed by atoms with Gasteiger partial charge in [0.25, 0.3) is 10.0 Å². The van der Waals surface area contributed by atoms with E-state index in [2.05, 4.69) is 9.82 Å². The van der Waals surface area contributed by atoms with E-state index in [1.54, 1.807) is 0 Å². The number of aromatic nitrogens is 2. The molecule has 23 heavy (non-hydrogen) atoms. The van der Waals surface area contributed by atoms with E-state index < -0.39 is 21.9 Å². The van der Waals surface area contributed by atoms with Gasteiger partial charge in [-0.05, 0) is 30.7 Å². The summed E-state index contributed by atoms with van der Waals surface area (Å²) < 4.78 is 28.2. The van der Waals surface area contributed by atoms with Crippen LogP contribution < -0.4 is 10.5 Å². The molecule has 0 spiro atoms. The van der Waals surface area contributed by atoms with Crippen molar-refractivity contribution in [3.63, 3.8) is 0 Å². The quantitative estimate of drug-likeness (QED) is 0.685. The first-order valence-electron chi connectivity index (χ1n) is 6.36. The van der Waals surface area contributed by atoms with E-state index in [-0.39, 0.29) is 22.7 Å². The van der Waals surface area contributed by atoms with Crippen LogP contribution in [0.3, 0.4) is 0 Å². The molecule has 122 valence electrons. The first-order chi connectivity index (χ1) is 10.7. The van der Waals surface area contributed by atoms with Gasteiger partial charge in [-0.3, -0.25) is 14.2 Å². The summed E-state index contributed by atoms with van der Waals surface area (Å²) in [4.78, 5) is 21.6. The average Bonchev–Trinajstić information content (AvgIpc) is 2.83. The van der Waals surface area contributed by atoms with Gasteiger partial charge in [0, 0.05) is 6.20 Å². The highest BCUT2D eigenvalue weighted by atomic mass is 32.2. The Balaban J connectivity index is 2.27. The number of carboxylic acids is 1. The maximum absolute atomic E-state index is 12.3. The first kappa shape index (κ1) is 16.5. The molecule has 0 aliphatic heterocycles. The van der Waals surface area contributed by atoms with Gasteiger partial charge in [0.1, 0.15) is 6.54 Å². The normalized spacial score (nSPS) is 11.2. The minimum atomic E-state index is -3.91. The number of hydrogen-bond donors (Lipinski definition) is 3. The molecule has 1 aromatic heterocycles. The number of carbonyl (C=O) groups is 2. The average molecular weight is 338 g/mol. The fourth-order valence-electron chi connectivity index (χ4n) is 1.96. The van der Waals surface area contributed by atoms with Crippen LogP contribution in [0, 0.1) is 6.92 Å². The van der Waals surface area contributed by atoms with Gasteiger partial charge in [-0.15, -0.1) is 0 Å². The molecule has 2 rings (SSSR count). The standard InChI is InChI=1S/C13H14N4O5S/c1-8-4-9(13(19)20)2-3-11(8)23(21,22)16-10-5-15-17(6-10)7-12(14)18/h2-6,16H,7H2,1H3,(H2,14,18)(H,19,20). The molecular formula is C13H14N4O5S. The second-order valence-corrected chi connectivity index (χ2v) is 6.43. The predicted molar refractivity (Wildman–Crippen MR) is 80.4 cm³/mol.